The van der Waals surface area contributed by atoms with Crippen LogP contribution in [-0.2, 0) is 7.05 Å². The lowest BCUT2D eigenvalue weighted by Crippen LogP contribution is -2.13. The maximum Gasteiger partial charge on any atom is 0.250 e. The molecule has 0 atom stereocenters. The van der Waals surface area contributed by atoms with Crippen LogP contribution in [0.2, 0.25) is 0 Å². The SMILES string of the molecule is CC(C)c1cn(C)c2ccc(C(N)=N/C=N/c3ncccn3)cc12. The van der Waals surface area contributed by atoms with E-state index in [-0.39, 0.29) is 0 Å². The fraction of sp³-hybridized carbons (Fsp3) is 0.222. The molecule has 24 heavy (non-hydrogen) atoms. The summed E-state index contributed by atoms with van der Waals surface area (Å²) < 4.78 is 2.13. The molecule has 122 valence electrons. The lowest BCUT2D eigenvalue weighted by atomic mass is 10.0. The van der Waals surface area contributed by atoms with Crippen molar-refractivity contribution >= 4 is 29.0 Å². The van der Waals surface area contributed by atoms with Crippen LogP contribution in [0.15, 0.2) is 52.8 Å². The second kappa shape index (κ2) is 6.62. The number of benzene rings is 1. The van der Waals surface area contributed by atoms with E-state index in [0.29, 0.717) is 17.7 Å². The van der Waals surface area contributed by atoms with Crippen LogP contribution in [0.4, 0.5) is 5.95 Å². The third kappa shape index (κ3) is 3.17. The molecule has 0 saturated carbocycles. The van der Waals surface area contributed by atoms with Crippen molar-refractivity contribution in [2.45, 2.75) is 19.8 Å². The summed E-state index contributed by atoms with van der Waals surface area (Å²) in [5.41, 5.74) is 9.45. The van der Waals surface area contributed by atoms with Crippen molar-refractivity contribution in [1.29, 1.82) is 0 Å². The zero-order valence-corrected chi connectivity index (χ0v) is 14.0. The molecule has 1 aromatic carbocycles. The highest BCUT2D eigenvalue weighted by molar-refractivity contribution is 6.04. The zero-order chi connectivity index (χ0) is 17.1. The molecule has 0 radical (unpaired) electrons. The van der Waals surface area contributed by atoms with Gasteiger partial charge in [-0.2, -0.15) is 4.99 Å². The first-order chi connectivity index (χ1) is 11.6. The summed E-state index contributed by atoms with van der Waals surface area (Å²) in [6, 6.07) is 7.85. The Labute approximate surface area is 140 Å². The second-order valence-electron chi connectivity index (χ2n) is 5.89. The van der Waals surface area contributed by atoms with Gasteiger partial charge in [-0.05, 0) is 35.7 Å². The topological polar surface area (TPSA) is 81.5 Å². The smallest absolute Gasteiger partial charge is 0.250 e. The van der Waals surface area contributed by atoms with E-state index in [4.69, 9.17) is 5.73 Å². The van der Waals surface area contributed by atoms with E-state index in [0.717, 1.165) is 5.56 Å². The van der Waals surface area contributed by atoms with Crippen molar-refractivity contribution in [3.8, 4) is 0 Å². The maximum atomic E-state index is 6.09. The molecule has 6 heteroatoms. The van der Waals surface area contributed by atoms with E-state index in [2.05, 4.69) is 63.7 Å². The normalized spacial score (nSPS) is 12.6. The van der Waals surface area contributed by atoms with Gasteiger partial charge in [0, 0.05) is 42.1 Å². The predicted molar refractivity (Wildman–Crippen MR) is 97.9 cm³/mol. The number of aliphatic imine (C=N–C) groups is 2. The molecule has 0 unspecified atom stereocenters. The van der Waals surface area contributed by atoms with Crippen molar-refractivity contribution in [2.75, 3.05) is 0 Å². The highest BCUT2D eigenvalue weighted by Crippen LogP contribution is 2.27. The maximum absolute atomic E-state index is 6.09. The third-order valence-electron chi connectivity index (χ3n) is 3.86. The molecule has 0 bridgehead atoms. The van der Waals surface area contributed by atoms with E-state index in [1.807, 2.05) is 6.07 Å². The Morgan fingerprint density at radius 1 is 1.25 bits per heavy atom. The summed E-state index contributed by atoms with van der Waals surface area (Å²) in [6.07, 6.45) is 6.80. The van der Waals surface area contributed by atoms with Gasteiger partial charge in [0.15, 0.2) is 0 Å². The highest BCUT2D eigenvalue weighted by atomic mass is 15.1. The number of amidine groups is 1. The fourth-order valence-electron chi connectivity index (χ4n) is 2.62. The number of rotatable bonds is 4. The van der Waals surface area contributed by atoms with Crippen LogP contribution >= 0.6 is 0 Å². The van der Waals surface area contributed by atoms with Crippen LogP contribution in [0.25, 0.3) is 10.9 Å². The Balaban J connectivity index is 1.92. The van der Waals surface area contributed by atoms with Gasteiger partial charge >= 0.3 is 0 Å². The number of aromatic nitrogens is 3. The van der Waals surface area contributed by atoms with E-state index in [1.54, 1.807) is 18.5 Å². The van der Waals surface area contributed by atoms with Gasteiger partial charge in [0.1, 0.15) is 12.2 Å². The van der Waals surface area contributed by atoms with Crippen molar-refractivity contribution in [2.24, 2.45) is 22.8 Å². The van der Waals surface area contributed by atoms with Crippen LogP contribution in [0.1, 0.15) is 30.9 Å². The van der Waals surface area contributed by atoms with Crippen molar-refractivity contribution in [1.82, 2.24) is 14.5 Å². The lowest BCUT2D eigenvalue weighted by Gasteiger charge is -2.04. The first kappa shape index (κ1) is 15.9. The standard InChI is InChI=1S/C18H20N6/c1-12(2)15-10-24(3)16-6-5-13(9-14(15)16)17(19)22-11-23-18-20-7-4-8-21-18/h4-12H,1-3H3,(H2,19,20,21,22,23). The number of aryl methyl sites for hydroxylation is 1. The van der Waals surface area contributed by atoms with Crippen molar-refractivity contribution in [3.63, 3.8) is 0 Å². The largest absolute Gasteiger partial charge is 0.383 e. The van der Waals surface area contributed by atoms with Crippen LogP contribution < -0.4 is 5.73 Å². The lowest BCUT2D eigenvalue weighted by molar-refractivity contribution is 0.857. The van der Waals surface area contributed by atoms with Gasteiger partial charge in [0.05, 0.1) is 0 Å². The molecule has 0 aliphatic rings. The van der Waals surface area contributed by atoms with E-state index >= 15 is 0 Å². The summed E-state index contributed by atoms with van der Waals surface area (Å²) >= 11 is 0. The molecule has 0 fully saturated rings. The average Bonchev–Trinajstić information content (AvgIpc) is 2.92. The molecule has 0 saturated heterocycles. The minimum absolute atomic E-state index is 0.356. The van der Waals surface area contributed by atoms with Crippen LogP contribution in [-0.4, -0.2) is 26.7 Å². The molecule has 3 aromatic rings. The molecular weight excluding hydrogens is 300 g/mol. The molecule has 0 aliphatic carbocycles. The van der Waals surface area contributed by atoms with E-state index in [9.17, 15) is 0 Å². The molecule has 2 heterocycles. The van der Waals surface area contributed by atoms with Crippen LogP contribution in [0, 0.1) is 0 Å². The molecule has 0 amide bonds. The van der Waals surface area contributed by atoms with Crippen LogP contribution in [0.5, 0.6) is 0 Å². The molecule has 3 rings (SSSR count). The van der Waals surface area contributed by atoms with Gasteiger partial charge in [-0.15, -0.1) is 0 Å². The highest BCUT2D eigenvalue weighted by Gasteiger charge is 2.11. The molecule has 0 spiro atoms. The van der Waals surface area contributed by atoms with Gasteiger partial charge in [0.2, 0.25) is 0 Å². The zero-order valence-electron chi connectivity index (χ0n) is 14.0. The Kier molecular flexibility index (Phi) is 4.37. The quantitative estimate of drug-likeness (QED) is 0.592. The third-order valence-corrected chi connectivity index (χ3v) is 3.86. The van der Waals surface area contributed by atoms with Gasteiger partial charge in [-0.1, -0.05) is 13.8 Å². The Morgan fingerprint density at radius 2 is 2.00 bits per heavy atom. The number of hydrogen-bond donors (Lipinski definition) is 1. The number of nitrogens with two attached hydrogens (primary N) is 1. The summed E-state index contributed by atoms with van der Waals surface area (Å²) in [7, 11) is 2.05. The Hall–Kier alpha value is -3.02. The predicted octanol–water partition coefficient (Wildman–Crippen LogP) is 3.16. The molecule has 6 nitrogen and oxygen atoms in total. The van der Waals surface area contributed by atoms with Gasteiger partial charge in [-0.3, -0.25) is 0 Å². The minimum atomic E-state index is 0.356. The summed E-state index contributed by atoms with van der Waals surface area (Å²) in [6.45, 7) is 4.37. The first-order valence-electron chi connectivity index (χ1n) is 7.78. The van der Waals surface area contributed by atoms with E-state index in [1.165, 1.54) is 22.8 Å². The van der Waals surface area contributed by atoms with Crippen LogP contribution in [0.3, 0.4) is 0 Å². The van der Waals surface area contributed by atoms with Gasteiger partial charge in [-0.25, -0.2) is 15.0 Å². The Morgan fingerprint density at radius 3 is 2.71 bits per heavy atom. The van der Waals surface area contributed by atoms with Crippen molar-refractivity contribution in [3.05, 3.63) is 54.0 Å². The average molecular weight is 320 g/mol. The van der Waals surface area contributed by atoms with E-state index < -0.39 is 0 Å². The fourth-order valence-corrected chi connectivity index (χ4v) is 2.62. The molecule has 2 aromatic heterocycles. The number of nitrogens with zero attached hydrogens (tertiary/aromatic N) is 5. The number of hydrogen-bond acceptors (Lipinski definition) is 3. The van der Waals surface area contributed by atoms with Gasteiger partial charge < -0.3 is 10.3 Å². The number of fused-ring (bicyclic) bond motifs is 1. The monoisotopic (exact) mass is 320 g/mol. The second-order valence-corrected chi connectivity index (χ2v) is 5.89. The molecule has 2 N–H and O–H groups in total. The summed E-state index contributed by atoms with van der Waals surface area (Å²) in [5.74, 6) is 1.21. The summed E-state index contributed by atoms with van der Waals surface area (Å²) in [5, 5.41) is 1.20. The summed E-state index contributed by atoms with van der Waals surface area (Å²) in [4.78, 5) is 16.3. The Bertz CT molecular complexity index is 906. The first-order valence-corrected chi connectivity index (χ1v) is 7.78. The van der Waals surface area contributed by atoms with Crippen molar-refractivity contribution < 1.29 is 0 Å². The minimum Gasteiger partial charge on any atom is -0.383 e. The van der Waals surface area contributed by atoms with Gasteiger partial charge in [0.25, 0.3) is 5.95 Å². The molecule has 0 aliphatic heterocycles. The molecular formula is C18H20N6.